The molecule has 1 saturated carbocycles. The Morgan fingerprint density at radius 3 is 2.35 bits per heavy atom. The first-order valence-corrected chi connectivity index (χ1v) is 8.51. The number of nitrogens with one attached hydrogen (secondary N) is 1. The summed E-state index contributed by atoms with van der Waals surface area (Å²) >= 11 is 0. The zero-order valence-electron chi connectivity index (χ0n) is 14.1. The molecule has 2 aromatic carbocycles. The quantitative estimate of drug-likeness (QED) is 0.798. The summed E-state index contributed by atoms with van der Waals surface area (Å²) in [6.07, 6.45) is 1.06. The number of hydrogen-bond acceptors (Lipinski definition) is 3. The van der Waals surface area contributed by atoms with Crippen LogP contribution in [0.3, 0.4) is 0 Å². The van der Waals surface area contributed by atoms with Crippen LogP contribution in [-0.2, 0) is 9.59 Å². The summed E-state index contributed by atoms with van der Waals surface area (Å²) in [5, 5.41) is 12.0. The molecule has 1 aliphatic rings. The molecule has 0 aromatic heterocycles. The average Bonchev–Trinajstić information content (AvgIpc) is 2.59. The van der Waals surface area contributed by atoms with Crippen LogP contribution in [0.2, 0.25) is 0 Å². The maximum Gasteiger partial charge on any atom is 0.307 e. The van der Waals surface area contributed by atoms with Gasteiger partial charge in [0.2, 0.25) is 5.91 Å². The molecule has 3 rings (SSSR count). The van der Waals surface area contributed by atoms with Crippen molar-refractivity contribution in [2.24, 2.45) is 11.8 Å². The summed E-state index contributed by atoms with van der Waals surface area (Å²) < 4.78 is 19.3. The number of hydrogen-bond donors (Lipinski definition) is 2. The Kier molecular flexibility index (Phi) is 5.51. The predicted molar refractivity (Wildman–Crippen MR) is 93.1 cm³/mol. The molecule has 3 atom stereocenters. The van der Waals surface area contributed by atoms with E-state index in [1.54, 1.807) is 12.1 Å². The smallest absolute Gasteiger partial charge is 0.307 e. The SMILES string of the molecule is O=C(O)C1CCC1C(=O)NC(COc1ccccc1F)c1ccccc1. The summed E-state index contributed by atoms with van der Waals surface area (Å²) in [5.41, 5.74) is 0.809. The van der Waals surface area contributed by atoms with Crippen LogP contribution < -0.4 is 10.1 Å². The molecule has 1 fully saturated rings. The lowest BCUT2D eigenvalue weighted by atomic mass is 9.73. The predicted octanol–water partition coefficient (Wildman–Crippen LogP) is 3.17. The molecule has 0 saturated heterocycles. The van der Waals surface area contributed by atoms with Crippen LogP contribution >= 0.6 is 0 Å². The van der Waals surface area contributed by atoms with Crippen LogP contribution in [0.4, 0.5) is 4.39 Å². The van der Waals surface area contributed by atoms with Gasteiger partial charge in [0.05, 0.1) is 17.9 Å². The van der Waals surface area contributed by atoms with Crippen LogP contribution in [-0.4, -0.2) is 23.6 Å². The third-order valence-electron chi connectivity index (χ3n) is 4.69. The van der Waals surface area contributed by atoms with Crippen LogP contribution in [0, 0.1) is 17.7 Å². The first-order chi connectivity index (χ1) is 12.6. The fourth-order valence-corrected chi connectivity index (χ4v) is 3.03. The molecule has 2 aromatic rings. The fourth-order valence-electron chi connectivity index (χ4n) is 3.03. The molecule has 0 heterocycles. The lowest BCUT2D eigenvalue weighted by molar-refractivity contribution is -0.153. The van der Waals surface area contributed by atoms with Gasteiger partial charge in [0, 0.05) is 0 Å². The van der Waals surface area contributed by atoms with Gasteiger partial charge in [-0.1, -0.05) is 42.5 Å². The van der Waals surface area contributed by atoms with Gasteiger partial charge in [-0.25, -0.2) is 4.39 Å². The Bertz CT molecular complexity index is 780. The second-order valence-electron chi connectivity index (χ2n) is 6.34. The lowest BCUT2D eigenvalue weighted by Crippen LogP contribution is -2.46. The van der Waals surface area contributed by atoms with Crippen LogP contribution in [0.1, 0.15) is 24.4 Å². The summed E-state index contributed by atoms with van der Waals surface area (Å²) in [4.78, 5) is 23.7. The summed E-state index contributed by atoms with van der Waals surface area (Å²) in [6, 6.07) is 14.8. The highest BCUT2D eigenvalue weighted by Crippen LogP contribution is 2.35. The lowest BCUT2D eigenvalue weighted by Gasteiger charge is -2.33. The number of halogens is 1. The van der Waals surface area contributed by atoms with Gasteiger partial charge in [-0.15, -0.1) is 0 Å². The van der Waals surface area contributed by atoms with Gasteiger partial charge in [-0.2, -0.15) is 0 Å². The highest BCUT2D eigenvalue weighted by atomic mass is 19.1. The van der Waals surface area contributed by atoms with Crippen molar-refractivity contribution in [1.29, 1.82) is 0 Å². The number of rotatable bonds is 7. The first-order valence-electron chi connectivity index (χ1n) is 8.51. The number of carboxylic acid groups (broad SMARTS) is 1. The van der Waals surface area contributed by atoms with Crippen LogP contribution in [0.15, 0.2) is 54.6 Å². The zero-order valence-corrected chi connectivity index (χ0v) is 14.1. The van der Waals surface area contributed by atoms with Crippen molar-refractivity contribution in [1.82, 2.24) is 5.32 Å². The minimum atomic E-state index is -0.949. The Balaban J connectivity index is 1.71. The molecule has 3 unspecified atom stereocenters. The minimum absolute atomic E-state index is 0.0428. The third kappa shape index (κ3) is 4.02. The molecular formula is C20H20FNO4. The number of carbonyl (C=O) groups excluding carboxylic acids is 1. The summed E-state index contributed by atoms with van der Waals surface area (Å²) in [6.45, 7) is 0.0428. The highest BCUT2D eigenvalue weighted by Gasteiger charge is 2.42. The van der Waals surface area contributed by atoms with Gasteiger partial charge in [-0.3, -0.25) is 9.59 Å². The van der Waals surface area contributed by atoms with Gasteiger partial charge in [0.25, 0.3) is 0 Å². The number of amides is 1. The van der Waals surface area contributed by atoms with Crippen molar-refractivity contribution in [2.45, 2.75) is 18.9 Å². The van der Waals surface area contributed by atoms with E-state index in [2.05, 4.69) is 5.32 Å². The van der Waals surface area contributed by atoms with Crippen LogP contribution in [0.5, 0.6) is 5.75 Å². The molecule has 5 nitrogen and oxygen atoms in total. The van der Waals surface area contributed by atoms with E-state index in [9.17, 15) is 14.0 Å². The molecule has 0 aliphatic heterocycles. The highest BCUT2D eigenvalue weighted by molar-refractivity contribution is 5.86. The third-order valence-corrected chi connectivity index (χ3v) is 4.69. The van der Waals surface area contributed by atoms with E-state index in [-0.39, 0.29) is 18.3 Å². The Morgan fingerprint density at radius 1 is 1.08 bits per heavy atom. The molecule has 26 heavy (non-hydrogen) atoms. The normalized spacial score (nSPS) is 19.9. The van der Waals surface area contributed by atoms with E-state index in [1.165, 1.54) is 12.1 Å². The number of aliphatic carboxylic acids is 1. The first kappa shape index (κ1) is 17.9. The Labute approximate surface area is 150 Å². The molecule has 1 amide bonds. The van der Waals surface area contributed by atoms with Gasteiger partial charge in [0.15, 0.2) is 11.6 Å². The van der Waals surface area contributed by atoms with Gasteiger partial charge in [-0.05, 0) is 30.5 Å². The number of carbonyl (C=O) groups is 2. The van der Waals surface area contributed by atoms with E-state index in [0.29, 0.717) is 12.8 Å². The van der Waals surface area contributed by atoms with Crippen molar-refractivity contribution in [3.05, 3.63) is 66.0 Å². The summed E-state index contributed by atoms with van der Waals surface area (Å²) in [7, 11) is 0. The van der Waals surface area contributed by atoms with E-state index in [1.807, 2.05) is 30.3 Å². The van der Waals surface area contributed by atoms with E-state index >= 15 is 0 Å². The number of para-hydroxylation sites is 1. The second kappa shape index (κ2) is 7.99. The maximum atomic E-state index is 13.8. The van der Waals surface area contributed by atoms with Crippen molar-refractivity contribution in [2.75, 3.05) is 6.61 Å². The second-order valence-corrected chi connectivity index (χ2v) is 6.34. The molecule has 136 valence electrons. The molecule has 0 radical (unpaired) electrons. The van der Waals surface area contributed by atoms with Gasteiger partial charge < -0.3 is 15.2 Å². The summed E-state index contributed by atoms with van der Waals surface area (Å²) in [5.74, 6) is -2.80. The molecule has 0 bridgehead atoms. The molecule has 1 aliphatic carbocycles. The van der Waals surface area contributed by atoms with Gasteiger partial charge >= 0.3 is 5.97 Å². The zero-order chi connectivity index (χ0) is 18.5. The van der Waals surface area contributed by atoms with E-state index < -0.39 is 29.7 Å². The van der Waals surface area contributed by atoms with E-state index in [4.69, 9.17) is 9.84 Å². The molecule has 0 spiro atoms. The monoisotopic (exact) mass is 357 g/mol. The van der Waals surface area contributed by atoms with Gasteiger partial charge in [0.1, 0.15) is 6.61 Å². The maximum absolute atomic E-state index is 13.8. The largest absolute Gasteiger partial charge is 0.488 e. The van der Waals surface area contributed by atoms with E-state index in [0.717, 1.165) is 5.56 Å². The average molecular weight is 357 g/mol. The molecular weight excluding hydrogens is 337 g/mol. The van der Waals surface area contributed by atoms with Crippen molar-refractivity contribution < 1.29 is 23.8 Å². The van der Waals surface area contributed by atoms with Crippen LogP contribution in [0.25, 0.3) is 0 Å². The standard InChI is InChI=1S/C20H20FNO4/c21-16-8-4-5-9-18(16)26-12-17(13-6-2-1-3-7-13)22-19(23)14-10-11-15(14)20(24)25/h1-9,14-15,17H,10-12H2,(H,22,23)(H,24,25). The molecule has 2 N–H and O–H groups in total. The molecule has 6 heteroatoms. The number of carboxylic acids is 1. The van der Waals surface area contributed by atoms with Crippen molar-refractivity contribution >= 4 is 11.9 Å². The fraction of sp³-hybridized carbons (Fsp3) is 0.300. The number of benzene rings is 2. The topological polar surface area (TPSA) is 75.6 Å². The van der Waals surface area contributed by atoms with Crippen molar-refractivity contribution in [3.8, 4) is 5.75 Å². The Hall–Kier alpha value is -2.89. The number of ether oxygens (including phenoxy) is 1. The minimum Gasteiger partial charge on any atom is -0.488 e. The van der Waals surface area contributed by atoms with Crippen molar-refractivity contribution in [3.63, 3.8) is 0 Å². The Morgan fingerprint density at radius 2 is 1.73 bits per heavy atom.